The molecule has 0 saturated carbocycles. The third-order valence-electron chi connectivity index (χ3n) is 8.25. The molecule has 4 nitrogen and oxygen atoms in total. The molecule has 0 aliphatic heterocycles. The van der Waals surface area contributed by atoms with Gasteiger partial charge in [0.15, 0.2) is 0 Å². The highest BCUT2D eigenvalue weighted by Gasteiger charge is 2.51. The molecule has 222 valence electrons. The van der Waals surface area contributed by atoms with Crippen LogP contribution in [0.25, 0.3) is 0 Å². The molecule has 0 aromatic heterocycles. The van der Waals surface area contributed by atoms with Crippen molar-refractivity contribution in [2.45, 2.75) is 83.7 Å². The van der Waals surface area contributed by atoms with Crippen LogP contribution in [0.15, 0.2) is 103 Å². The van der Waals surface area contributed by atoms with Crippen LogP contribution in [0.3, 0.4) is 0 Å². The van der Waals surface area contributed by atoms with E-state index in [0.29, 0.717) is 32.5 Å². The van der Waals surface area contributed by atoms with Gasteiger partial charge in [0.1, 0.15) is 0 Å². The zero-order valence-electron chi connectivity index (χ0n) is 25.7. The standard InChI is InChI=1S/C36H50O4Si/c1-29(2)34(24-25-36(6,38)31(27-37)19-16-26-39-28-30-17-10-7-11-18-30)40-41(35(3,4)5,32-20-12-8-13-21-32)33-22-14-9-15-23-33/h7-15,17-18,20-23,31,34,37-38H,1,16,19,24-28H2,2-6H3/t31-,34+,36+/m0/s1. The van der Waals surface area contributed by atoms with E-state index in [2.05, 4.69) is 75.9 Å². The summed E-state index contributed by atoms with van der Waals surface area (Å²) in [5, 5.41) is 24.1. The minimum absolute atomic E-state index is 0.0704. The van der Waals surface area contributed by atoms with Gasteiger partial charge in [0, 0.05) is 19.1 Å². The molecule has 0 unspecified atom stereocenters. The Morgan fingerprint density at radius 3 is 1.80 bits per heavy atom. The summed E-state index contributed by atoms with van der Waals surface area (Å²) in [6.45, 7) is 16.1. The van der Waals surface area contributed by atoms with Gasteiger partial charge in [-0.05, 0) is 60.5 Å². The average molecular weight is 575 g/mol. The third-order valence-corrected chi connectivity index (χ3v) is 13.3. The fraction of sp³-hybridized carbons (Fsp3) is 0.444. The van der Waals surface area contributed by atoms with Gasteiger partial charge in [0.2, 0.25) is 0 Å². The Balaban J connectivity index is 1.73. The van der Waals surface area contributed by atoms with Crippen molar-refractivity contribution >= 4 is 18.7 Å². The molecule has 0 fully saturated rings. The minimum Gasteiger partial charge on any atom is -0.401 e. The normalized spacial score (nSPS) is 15.2. The van der Waals surface area contributed by atoms with Crippen LogP contribution < -0.4 is 10.4 Å². The molecule has 5 heteroatoms. The van der Waals surface area contributed by atoms with E-state index in [1.54, 1.807) is 0 Å². The molecule has 0 radical (unpaired) electrons. The van der Waals surface area contributed by atoms with Gasteiger partial charge >= 0.3 is 0 Å². The Bertz CT molecular complexity index is 1130. The summed E-state index contributed by atoms with van der Waals surface area (Å²) in [5.41, 5.74) is 1.05. The van der Waals surface area contributed by atoms with Gasteiger partial charge in [0.25, 0.3) is 8.32 Å². The van der Waals surface area contributed by atoms with E-state index in [9.17, 15) is 10.2 Å². The van der Waals surface area contributed by atoms with Crippen molar-refractivity contribution in [3.05, 3.63) is 109 Å². The predicted octanol–water partition coefficient (Wildman–Crippen LogP) is 6.64. The van der Waals surface area contributed by atoms with Gasteiger partial charge in [-0.3, -0.25) is 0 Å². The van der Waals surface area contributed by atoms with E-state index in [0.717, 1.165) is 17.6 Å². The molecule has 41 heavy (non-hydrogen) atoms. The molecule has 2 N–H and O–H groups in total. The van der Waals surface area contributed by atoms with E-state index in [1.807, 2.05) is 56.3 Å². The van der Waals surface area contributed by atoms with Crippen LogP contribution in [0.4, 0.5) is 0 Å². The van der Waals surface area contributed by atoms with Crippen LogP contribution in [0, 0.1) is 5.92 Å². The van der Waals surface area contributed by atoms with Gasteiger partial charge in [0.05, 0.1) is 18.3 Å². The summed E-state index contributed by atoms with van der Waals surface area (Å²) in [4.78, 5) is 0. The maximum atomic E-state index is 11.6. The highest BCUT2D eigenvalue weighted by Crippen LogP contribution is 2.39. The van der Waals surface area contributed by atoms with Crippen LogP contribution in [0.5, 0.6) is 0 Å². The van der Waals surface area contributed by atoms with E-state index >= 15 is 0 Å². The fourth-order valence-corrected chi connectivity index (χ4v) is 10.5. The quantitative estimate of drug-likeness (QED) is 0.114. The van der Waals surface area contributed by atoms with E-state index in [1.165, 1.54) is 10.4 Å². The van der Waals surface area contributed by atoms with Crippen LogP contribution >= 0.6 is 0 Å². The van der Waals surface area contributed by atoms with E-state index in [-0.39, 0.29) is 23.7 Å². The van der Waals surface area contributed by atoms with Crippen molar-refractivity contribution in [3.63, 3.8) is 0 Å². The van der Waals surface area contributed by atoms with Gasteiger partial charge in [-0.2, -0.15) is 0 Å². The van der Waals surface area contributed by atoms with Gasteiger partial charge in [-0.1, -0.05) is 124 Å². The fourth-order valence-electron chi connectivity index (χ4n) is 5.73. The first kappa shape index (κ1) is 33.0. The zero-order chi connectivity index (χ0) is 29.9. The molecule has 0 aliphatic rings. The lowest BCUT2D eigenvalue weighted by Gasteiger charge is -2.46. The lowest BCUT2D eigenvalue weighted by molar-refractivity contribution is -0.0435. The summed E-state index contributed by atoms with van der Waals surface area (Å²) in [6, 6.07) is 31.3. The molecular formula is C36H50O4Si. The van der Waals surface area contributed by atoms with Crippen molar-refractivity contribution in [2.24, 2.45) is 5.92 Å². The van der Waals surface area contributed by atoms with Crippen molar-refractivity contribution in [2.75, 3.05) is 13.2 Å². The summed E-state index contributed by atoms with van der Waals surface area (Å²) < 4.78 is 13.2. The first-order valence-electron chi connectivity index (χ1n) is 14.9. The molecule has 3 atom stereocenters. The Morgan fingerprint density at radius 1 is 0.829 bits per heavy atom. The zero-order valence-corrected chi connectivity index (χ0v) is 26.7. The topological polar surface area (TPSA) is 58.9 Å². The number of benzene rings is 3. The van der Waals surface area contributed by atoms with Crippen molar-refractivity contribution in [1.82, 2.24) is 0 Å². The summed E-state index contributed by atoms with van der Waals surface area (Å²) >= 11 is 0. The lowest BCUT2D eigenvalue weighted by Crippen LogP contribution is -2.67. The number of hydrogen-bond acceptors (Lipinski definition) is 4. The number of aliphatic hydroxyl groups excluding tert-OH is 1. The Morgan fingerprint density at radius 2 is 1.34 bits per heavy atom. The maximum Gasteiger partial charge on any atom is 0.261 e. The largest absolute Gasteiger partial charge is 0.401 e. The van der Waals surface area contributed by atoms with Crippen molar-refractivity contribution in [1.29, 1.82) is 0 Å². The van der Waals surface area contributed by atoms with Crippen LogP contribution in [-0.4, -0.2) is 43.4 Å². The average Bonchev–Trinajstić information content (AvgIpc) is 2.95. The molecule has 0 saturated heterocycles. The molecule has 0 heterocycles. The first-order chi connectivity index (χ1) is 19.5. The predicted molar refractivity (Wildman–Crippen MR) is 173 cm³/mol. The monoisotopic (exact) mass is 574 g/mol. The summed E-state index contributed by atoms with van der Waals surface area (Å²) in [7, 11) is -2.77. The molecule has 3 aromatic rings. The summed E-state index contributed by atoms with van der Waals surface area (Å²) in [5.74, 6) is -0.249. The van der Waals surface area contributed by atoms with Crippen molar-refractivity contribution < 1.29 is 19.4 Å². The molecule has 0 bridgehead atoms. The van der Waals surface area contributed by atoms with Crippen LogP contribution in [-0.2, 0) is 15.8 Å². The lowest BCUT2D eigenvalue weighted by atomic mass is 9.81. The maximum absolute atomic E-state index is 11.6. The number of aliphatic hydroxyl groups is 2. The SMILES string of the molecule is C=C(C)[C@@H](CC[C@@](C)(O)[C@H](CO)CCCOCc1ccccc1)O[Si](c1ccccc1)(c1ccccc1)C(C)(C)C. The highest BCUT2D eigenvalue weighted by atomic mass is 28.4. The highest BCUT2D eigenvalue weighted by molar-refractivity contribution is 6.99. The third kappa shape index (κ3) is 8.73. The molecule has 0 amide bonds. The van der Waals surface area contributed by atoms with E-state index in [4.69, 9.17) is 9.16 Å². The first-order valence-corrected chi connectivity index (χ1v) is 16.8. The van der Waals surface area contributed by atoms with Crippen molar-refractivity contribution in [3.8, 4) is 0 Å². The smallest absolute Gasteiger partial charge is 0.261 e. The second kappa shape index (κ2) is 15.1. The molecule has 3 rings (SSSR count). The molecule has 0 aliphatic carbocycles. The van der Waals surface area contributed by atoms with Gasteiger partial charge in [-0.15, -0.1) is 0 Å². The molecule has 0 spiro atoms. The second-order valence-corrected chi connectivity index (χ2v) is 16.8. The van der Waals surface area contributed by atoms with Crippen LogP contribution in [0.1, 0.15) is 65.9 Å². The second-order valence-electron chi connectivity index (χ2n) is 12.6. The van der Waals surface area contributed by atoms with E-state index < -0.39 is 13.9 Å². The molecular weight excluding hydrogens is 524 g/mol. The Kier molecular flexibility index (Phi) is 12.1. The molecule has 3 aromatic carbocycles. The minimum atomic E-state index is -2.77. The number of ether oxygens (including phenoxy) is 1. The Hall–Kier alpha value is -2.54. The van der Waals surface area contributed by atoms with Gasteiger partial charge in [-0.25, -0.2) is 0 Å². The Labute approximate surface area is 249 Å². The van der Waals surface area contributed by atoms with Gasteiger partial charge < -0.3 is 19.4 Å². The number of rotatable bonds is 16. The summed E-state index contributed by atoms with van der Waals surface area (Å²) in [6.07, 6.45) is 2.34. The van der Waals surface area contributed by atoms with Crippen LogP contribution in [0.2, 0.25) is 5.04 Å². The number of hydrogen-bond donors (Lipinski definition) is 2.